The number of fused-ring (bicyclic) bond motifs is 1. The first-order valence-electron chi connectivity index (χ1n) is 5.95. The molecule has 1 heterocycles. The van der Waals surface area contributed by atoms with E-state index in [9.17, 15) is 9.18 Å². The van der Waals surface area contributed by atoms with E-state index in [1.165, 1.54) is 18.2 Å². The van der Waals surface area contributed by atoms with Crippen molar-refractivity contribution in [3.8, 4) is 0 Å². The fraction of sp³-hybridized carbons (Fsp3) is 0.0714. The predicted octanol–water partition coefficient (Wildman–Crippen LogP) is 2.32. The topological polar surface area (TPSA) is 68.0 Å². The summed E-state index contributed by atoms with van der Waals surface area (Å²) in [4.78, 5) is 11.1. The summed E-state index contributed by atoms with van der Waals surface area (Å²) < 4.78 is 14.5. The molecule has 100 valence electrons. The number of hydrogen-bond acceptors (Lipinski definition) is 3. The van der Waals surface area contributed by atoms with E-state index >= 15 is 0 Å². The van der Waals surface area contributed by atoms with Gasteiger partial charge in [-0.15, -0.1) is 5.10 Å². The second-order valence-electron chi connectivity index (χ2n) is 4.35. The highest BCUT2D eigenvalue weighted by molar-refractivity contribution is 6.00. The Kier molecular flexibility index (Phi) is 2.90. The summed E-state index contributed by atoms with van der Waals surface area (Å²) in [5, 5.41) is 17.0. The van der Waals surface area contributed by atoms with Crippen LogP contribution in [0.2, 0.25) is 0 Å². The van der Waals surface area contributed by atoms with Crippen molar-refractivity contribution in [1.82, 2.24) is 15.0 Å². The zero-order valence-electron chi connectivity index (χ0n) is 10.3. The average molecular weight is 271 g/mol. The molecule has 0 saturated carbocycles. The number of rotatable bonds is 3. The van der Waals surface area contributed by atoms with Crippen molar-refractivity contribution in [3.63, 3.8) is 0 Å². The number of aromatic carboxylic acids is 1. The zero-order valence-corrected chi connectivity index (χ0v) is 10.3. The minimum Gasteiger partial charge on any atom is -0.478 e. The van der Waals surface area contributed by atoms with Gasteiger partial charge in [-0.3, -0.25) is 0 Å². The molecule has 0 spiro atoms. The van der Waals surface area contributed by atoms with Gasteiger partial charge in [0.1, 0.15) is 11.3 Å². The van der Waals surface area contributed by atoms with E-state index in [1.807, 2.05) is 0 Å². The molecular formula is C14H10FN3O2. The number of benzene rings is 2. The number of carboxylic acids is 1. The van der Waals surface area contributed by atoms with E-state index < -0.39 is 5.97 Å². The Labute approximate surface area is 113 Å². The van der Waals surface area contributed by atoms with Crippen LogP contribution in [0.1, 0.15) is 15.9 Å². The lowest BCUT2D eigenvalue weighted by Crippen LogP contribution is -2.02. The van der Waals surface area contributed by atoms with E-state index in [0.29, 0.717) is 17.6 Å². The van der Waals surface area contributed by atoms with E-state index in [1.54, 1.807) is 28.9 Å². The van der Waals surface area contributed by atoms with Crippen LogP contribution >= 0.6 is 0 Å². The molecule has 0 atom stereocenters. The Bertz CT molecular complexity index is 781. The van der Waals surface area contributed by atoms with Crippen molar-refractivity contribution < 1.29 is 14.3 Å². The molecule has 3 rings (SSSR count). The van der Waals surface area contributed by atoms with Crippen LogP contribution in [0.4, 0.5) is 4.39 Å². The second-order valence-corrected chi connectivity index (χ2v) is 4.35. The lowest BCUT2D eigenvalue weighted by atomic mass is 10.2. The van der Waals surface area contributed by atoms with Crippen LogP contribution in [0.3, 0.4) is 0 Å². The van der Waals surface area contributed by atoms with Gasteiger partial charge in [0.05, 0.1) is 17.6 Å². The van der Waals surface area contributed by atoms with E-state index in [2.05, 4.69) is 10.3 Å². The first kappa shape index (κ1) is 12.3. The molecule has 0 fully saturated rings. The van der Waals surface area contributed by atoms with Gasteiger partial charge in [-0.05, 0) is 29.8 Å². The maximum Gasteiger partial charge on any atom is 0.338 e. The summed E-state index contributed by atoms with van der Waals surface area (Å²) in [5.41, 5.74) is 1.96. The van der Waals surface area contributed by atoms with Gasteiger partial charge in [0.25, 0.3) is 0 Å². The molecule has 2 aromatic carbocycles. The fourth-order valence-electron chi connectivity index (χ4n) is 2.04. The Morgan fingerprint density at radius 2 is 1.95 bits per heavy atom. The van der Waals surface area contributed by atoms with Gasteiger partial charge in [0.2, 0.25) is 0 Å². The molecule has 0 amide bonds. The van der Waals surface area contributed by atoms with Crippen molar-refractivity contribution >= 4 is 17.0 Å². The molecule has 0 aliphatic rings. The van der Waals surface area contributed by atoms with E-state index in [-0.39, 0.29) is 11.4 Å². The fourth-order valence-corrected chi connectivity index (χ4v) is 2.04. The summed E-state index contributed by atoms with van der Waals surface area (Å²) in [6.07, 6.45) is 0. The standard InChI is InChI=1S/C14H10FN3O2/c15-10-6-4-9(5-7-10)8-18-12-3-1-2-11(14(19)20)13(12)16-17-18/h1-7H,8H2,(H,19,20). The van der Waals surface area contributed by atoms with E-state index in [4.69, 9.17) is 5.11 Å². The molecule has 6 heteroatoms. The monoisotopic (exact) mass is 271 g/mol. The summed E-state index contributed by atoms with van der Waals surface area (Å²) >= 11 is 0. The summed E-state index contributed by atoms with van der Waals surface area (Å²) in [5.74, 6) is -1.34. The largest absolute Gasteiger partial charge is 0.478 e. The average Bonchev–Trinajstić information content (AvgIpc) is 2.84. The molecule has 1 N–H and O–H groups in total. The summed E-state index contributed by atoms with van der Waals surface area (Å²) in [6, 6.07) is 10.9. The molecule has 0 radical (unpaired) electrons. The third kappa shape index (κ3) is 2.11. The number of carbonyl (C=O) groups is 1. The Morgan fingerprint density at radius 1 is 1.20 bits per heavy atom. The van der Waals surface area contributed by atoms with Crippen LogP contribution in [-0.2, 0) is 6.54 Å². The van der Waals surface area contributed by atoms with Gasteiger partial charge in [0, 0.05) is 0 Å². The van der Waals surface area contributed by atoms with Crippen molar-refractivity contribution in [2.75, 3.05) is 0 Å². The van der Waals surface area contributed by atoms with Crippen LogP contribution in [0.5, 0.6) is 0 Å². The van der Waals surface area contributed by atoms with Crippen LogP contribution in [-0.4, -0.2) is 26.1 Å². The van der Waals surface area contributed by atoms with Crippen LogP contribution in [0, 0.1) is 5.82 Å². The third-order valence-corrected chi connectivity index (χ3v) is 3.02. The molecule has 3 aromatic rings. The first-order valence-corrected chi connectivity index (χ1v) is 5.95. The van der Waals surface area contributed by atoms with Crippen molar-refractivity contribution in [2.45, 2.75) is 6.54 Å². The normalized spacial score (nSPS) is 10.8. The minimum absolute atomic E-state index is 0.118. The molecule has 0 unspecified atom stereocenters. The second kappa shape index (κ2) is 4.73. The quantitative estimate of drug-likeness (QED) is 0.793. The summed E-state index contributed by atoms with van der Waals surface area (Å²) in [6.45, 7) is 0.403. The van der Waals surface area contributed by atoms with Crippen molar-refractivity contribution in [3.05, 3.63) is 59.4 Å². The van der Waals surface area contributed by atoms with E-state index in [0.717, 1.165) is 5.56 Å². The Hall–Kier alpha value is -2.76. The molecular weight excluding hydrogens is 261 g/mol. The molecule has 1 aromatic heterocycles. The highest BCUT2D eigenvalue weighted by atomic mass is 19.1. The first-order chi connectivity index (χ1) is 9.65. The third-order valence-electron chi connectivity index (χ3n) is 3.02. The minimum atomic E-state index is -1.04. The highest BCUT2D eigenvalue weighted by Gasteiger charge is 2.13. The highest BCUT2D eigenvalue weighted by Crippen LogP contribution is 2.17. The maximum absolute atomic E-state index is 12.9. The SMILES string of the molecule is O=C(O)c1cccc2c1nnn2Cc1ccc(F)cc1. The Morgan fingerprint density at radius 3 is 2.65 bits per heavy atom. The van der Waals surface area contributed by atoms with Crippen LogP contribution in [0.25, 0.3) is 11.0 Å². The molecule has 0 aliphatic heterocycles. The lowest BCUT2D eigenvalue weighted by molar-refractivity contribution is 0.0699. The van der Waals surface area contributed by atoms with Gasteiger partial charge in [-0.1, -0.05) is 23.4 Å². The lowest BCUT2D eigenvalue weighted by Gasteiger charge is -2.03. The van der Waals surface area contributed by atoms with Gasteiger partial charge in [-0.2, -0.15) is 0 Å². The molecule has 0 saturated heterocycles. The predicted molar refractivity (Wildman–Crippen MR) is 70.0 cm³/mol. The van der Waals surface area contributed by atoms with Crippen molar-refractivity contribution in [2.24, 2.45) is 0 Å². The maximum atomic E-state index is 12.9. The van der Waals surface area contributed by atoms with Gasteiger partial charge in [0.15, 0.2) is 0 Å². The number of hydrogen-bond donors (Lipinski definition) is 1. The molecule has 0 aliphatic carbocycles. The number of carboxylic acid groups (broad SMARTS) is 1. The van der Waals surface area contributed by atoms with Crippen molar-refractivity contribution in [1.29, 1.82) is 0 Å². The molecule has 20 heavy (non-hydrogen) atoms. The number of halogens is 1. The number of nitrogens with zero attached hydrogens (tertiary/aromatic N) is 3. The van der Waals surface area contributed by atoms with Gasteiger partial charge >= 0.3 is 5.97 Å². The van der Waals surface area contributed by atoms with Gasteiger partial charge < -0.3 is 5.11 Å². The summed E-state index contributed by atoms with van der Waals surface area (Å²) in [7, 11) is 0. The van der Waals surface area contributed by atoms with Crippen LogP contribution in [0.15, 0.2) is 42.5 Å². The number of aromatic nitrogens is 3. The molecule has 5 nitrogen and oxygen atoms in total. The van der Waals surface area contributed by atoms with Crippen LogP contribution < -0.4 is 0 Å². The van der Waals surface area contributed by atoms with Gasteiger partial charge in [-0.25, -0.2) is 13.9 Å². The zero-order chi connectivity index (χ0) is 14.1. The smallest absolute Gasteiger partial charge is 0.338 e. The molecule has 0 bridgehead atoms. The Balaban J connectivity index is 2.03.